The van der Waals surface area contributed by atoms with Crippen molar-refractivity contribution in [2.45, 2.75) is 26.4 Å². The number of aryl methyl sites for hydroxylation is 2. The highest BCUT2D eigenvalue weighted by atomic mass is 16.6. The van der Waals surface area contributed by atoms with Gasteiger partial charge in [-0.1, -0.05) is 6.92 Å². The Balaban J connectivity index is 2.97. The number of nitrogens with zero attached hydrogens (tertiary/aromatic N) is 3. The Kier molecular flexibility index (Phi) is 4.45. The lowest BCUT2D eigenvalue weighted by molar-refractivity contribution is -0.384. The van der Waals surface area contributed by atoms with Crippen LogP contribution in [0.5, 0.6) is 0 Å². The quantitative estimate of drug-likeness (QED) is 0.601. The molecule has 0 aliphatic rings. The highest BCUT2D eigenvalue weighted by molar-refractivity contribution is 5.59. The molecule has 0 amide bonds. The minimum atomic E-state index is -0.397. The summed E-state index contributed by atoms with van der Waals surface area (Å²) in [5.41, 5.74) is 0.545. The first-order chi connectivity index (χ1) is 8.01. The second-order valence-corrected chi connectivity index (χ2v) is 3.81. The molecule has 17 heavy (non-hydrogen) atoms. The van der Waals surface area contributed by atoms with Gasteiger partial charge in [-0.25, -0.2) is 4.68 Å². The number of methoxy groups -OCH3 is 1. The molecule has 1 aromatic heterocycles. The standard InChI is InChI=1S/C10H18N4O3/c1-5-8-9(14(15)16)10(13(3)12-8)11-6-7(2)17-4/h7,11H,5-6H2,1-4H3. The van der Waals surface area contributed by atoms with E-state index in [0.717, 1.165) is 0 Å². The summed E-state index contributed by atoms with van der Waals surface area (Å²) >= 11 is 0. The van der Waals surface area contributed by atoms with Gasteiger partial charge in [-0.05, 0) is 13.3 Å². The topological polar surface area (TPSA) is 82.2 Å². The summed E-state index contributed by atoms with van der Waals surface area (Å²) in [6.07, 6.45) is 0.514. The molecule has 0 saturated carbocycles. The fourth-order valence-corrected chi connectivity index (χ4v) is 1.52. The molecule has 0 saturated heterocycles. The van der Waals surface area contributed by atoms with Crippen LogP contribution in [0, 0.1) is 10.1 Å². The van der Waals surface area contributed by atoms with Gasteiger partial charge in [0.05, 0.1) is 11.0 Å². The Hall–Kier alpha value is -1.63. The van der Waals surface area contributed by atoms with Crippen molar-refractivity contribution in [3.8, 4) is 0 Å². The molecule has 7 heteroatoms. The highest BCUT2D eigenvalue weighted by Gasteiger charge is 2.25. The number of hydrogen-bond donors (Lipinski definition) is 1. The maximum absolute atomic E-state index is 11.0. The molecule has 0 aromatic carbocycles. The van der Waals surface area contributed by atoms with Gasteiger partial charge in [-0.2, -0.15) is 5.10 Å². The Morgan fingerprint density at radius 2 is 2.29 bits per heavy atom. The summed E-state index contributed by atoms with van der Waals surface area (Å²) in [5.74, 6) is 0.427. The zero-order chi connectivity index (χ0) is 13.0. The lowest BCUT2D eigenvalue weighted by Crippen LogP contribution is -2.20. The molecule has 0 radical (unpaired) electrons. The van der Waals surface area contributed by atoms with Crippen LogP contribution < -0.4 is 5.32 Å². The van der Waals surface area contributed by atoms with Gasteiger partial charge in [0.15, 0.2) is 0 Å². The lowest BCUT2D eigenvalue weighted by Gasteiger charge is -2.11. The molecule has 0 aliphatic heterocycles. The van der Waals surface area contributed by atoms with Crippen molar-refractivity contribution in [1.82, 2.24) is 9.78 Å². The maximum atomic E-state index is 11.0. The van der Waals surface area contributed by atoms with E-state index in [0.29, 0.717) is 24.5 Å². The Morgan fingerprint density at radius 3 is 2.76 bits per heavy atom. The van der Waals surface area contributed by atoms with E-state index >= 15 is 0 Å². The van der Waals surface area contributed by atoms with Crippen LogP contribution in [-0.2, 0) is 18.2 Å². The second kappa shape index (κ2) is 5.62. The number of rotatable bonds is 6. The highest BCUT2D eigenvalue weighted by Crippen LogP contribution is 2.28. The summed E-state index contributed by atoms with van der Waals surface area (Å²) in [6.45, 7) is 4.23. The van der Waals surface area contributed by atoms with Crippen LogP contribution in [-0.4, -0.2) is 34.5 Å². The van der Waals surface area contributed by atoms with Crippen molar-refractivity contribution in [3.63, 3.8) is 0 Å². The number of anilines is 1. The van der Waals surface area contributed by atoms with Crippen LogP contribution in [0.1, 0.15) is 19.5 Å². The van der Waals surface area contributed by atoms with Crippen molar-refractivity contribution < 1.29 is 9.66 Å². The third-order valence-corrected chi connectivity index (χ3v) is 2.57. The molecule has 0 aliphatic carbocycles. The molecule has 96 valence electrons. The van der Waals surface area contributed by atoms with Gasteiger partial charge in [0, 0.05) is 20.7 Å². The number of nitrogens with one attached hydrogen (secondary N) is 1. The van der Waals surface area contributed by atoms with E-state index in [1.165, 1.54) is 4.68 Å². The van der Waals surface area contributed by atoms with Crippen molar-refractivity contribution in [2.24, 2.45) is 7.05 Å². The summed E-state index contributed by atoms with van der Waals surface area (Å²) in [7, 11) is 3.29. The van der Waals surface area contributed by atoms with Gasteiger partial charge < -0.3 is 10.1 Å². The van der Waals surface area contributed by atoms with Crippen LogP contribution in [0.2, 0.25) is 0 Å². The van der Waals surface area contributed by atoms with Crippen molar-refractivity contribution in [1.29, 1.82) is 0 Å². The van der Waals surface area contributed by atoms with E-state index in [1.54, 1.807) is 14.2 Å². The monoisotopic (exact) mass is 242 g/mol. The predicted octanol–water partition coefficient (Wildman–Crippen LogP) is 1.34. The Morgan fingerprint density at radius 1 is 1.65 bits per heavy atom. The Bertz CT molecular complexity index is 403. The van der Waals surface area contributed by atoms with E-state index in [-0.39, 0.29) is 11.8 Å². The first kappa shape index (κ1) is 13.4. The molecular formula is C10H18N4O3. The molecule has 1 aromatic rings. The van der Waals surface area contributed by atoms with E-state index in [1.807, 2.05) is 13.8 Å². The van der Waals surface area contributed by atoms with Crippen molar-refractivity contribution in [3.05, 3.63) is 15.8 Å². The van der Waals surface area contributed by atoms with Gasteiger partial charge in [0.25, 0.3) is 0 Å². The van der Waals surface area contributed by atoms with Crippen molar-refractivity contribution in [2.75, 3.05) is 19.0 Å². The second-order valence-electron chi connectivity index (χ2n) is 3.81. The van der Waals surface area contributed by atoms with Gasteiger partial charge in [-0.3, -0.25) is 10.1 Å². The molecule has 7 nitrogen and oxygen atoms in total. The summed E-state index contributed by atoms with van der Waals surface area (Å²) in [6, 6.07) is 0. The zero-order valence-corrected chi connectivity index (χ0v) is 10.6. The van der Waals surface area contributed by atoms with Gasteiger partial charge in [0.1, 0.15) is 5.69 Å². The van der Waals surface area contributed by atoms with E-state index in [2.05, 4.69) is 10.4 Å². The molecule has 0 bridgehead atoms. The third-order valence-electron chi connectivity index (χ3n) is 2.57. The van der Waals surface area contributed by atoms with Crippen LogP contribution in [0.25, 0.3) is 0 Å². The molecular weight excluding hydrogens is 224 g/mol. The summed E-state index contributed by atoms with van der Waals surface area (Å²) in [5, 5.41) is 18.1. The fraction of sp³-hybridized carbons (Fsp3) is 0.700. The van der Waals surface area contributed by atoms with Gasteiger partial charge in [-0.15, -0.1) is 0 Å². The number of hydrogen-bond acceptors (Lipinski definition) is 5. The van der Waals surface area contributed by atoms with Gasteiger partial charge in [0.2, 0.25) is 5.82 Å². The maximum Gasteiger partial charge on any atom is 0.333 e. The third kappa shape index (κ3) is 2.94. The largest absolute Gasteiger partial charge is 0.380 e. The normalized spacial score (nSPS) is 12.5. The average Bonchev–Trinajstić information content (AvgIpc) is 2.62. The number of aromatic nitrogens is 2. The first-order valence-corrected chi connectivity index (χ1v) is 5.48. The van der Waals surface area contributed by atoms with Crippen LogP contribution in [0.3, 0.4) is 0 Å². The first-order valence-electron chi connectivity index (χ1n) is 5.48. The van der Waals surface area contributed by atoms with Gasteiger partial charge >= 0.3 is 5.69 Å². The van der Waals surface area contributed by atoms with Crippen LogP contribution in [0.4, 0.5) is 11.5 Å². The summed E-state index contributed by atoms with van der Waals surface area (Å²) in [4.78, 5) is 10.6. The van der Waals surface area contributed by atoms with E-state index in [9.17, 15) is 10.1 Å². The fourth-order valence-electron chi connectivity index (χ4n) is 1.52. The van der Waals surface area contributed by atoms with Crippen molar-refractivity contribution >= 4 is 11.5 Å². The minimum absolute atomic E-state index is 0.0189. The molecule has 1 rings (SSSR count). The molecule has 0 fully saturated rings. The Labute approximate surface area is 99.9 Å². The molecule has 1 N–H and O–H groups in total. The SMILES string of the molecule is CCc1nn(C)c(NCC(C)OC)c1[N+](=O)[O-]. The lowest BCUT2D eigenvalue weighted by atomic mass is 10.3. The van der Waals surface area contributed by atoms with E-state index < -0.39 is 4.92 Å². The average molecular weight is 242 g/mol. The molecule has 1 heterocycles. The minimum Gasteiger partial charge on any atom is -0.380 e. The summed E-state index contributed by atoms with van der Waals surface area (Å²) < 4.78 is 6.58. The van der Waals surface area contributed by atoms with Crippen LogP contribution >= 0.6 is 0 Å². The van der Waals surface area contributed by atoms with Crippen LogP contribution in [0.15, 0.2) is 0 Å². The molecule has 0 spiro atoms. The molecule has 1 atom stereocenters. The predicted molar refractivity (Wildman–Crippen MR) is 64.2 cm³/mol. The number of nitro groups is 1. The number of ether oxygens (including phenoxy) is 1. The molecule has 1 unspecified atom stereocenters. The smallest absolute Gasteiger partial charge is 0.333 e. The zero-order valence-electron chi connectivity index (χ0n) is 10.6. The van der Waals surface area contributed by atoms with E-state index in [4.69, 9.17) is 4.74 Å².